The maximum atomic E-state index is 5.79. The Kier molecular flexibility index (Phi) is 4.20. The Balaban J connectivity index is 1.21. The first-order valence-corrected chi connectivity index (χ1v) is 8.89. The third kappa shape index (κ3) is 3.07. The molecule has 2 aliphatic heterocycles. The molecular formula is C17H27N3O2. The third-order valence-corrected chi connectivity index (χ3v) is 5.33. The molecule has 1 N–H and O–H groups in total. The van der Waals surface area contributed by atoms with Crippen molar-refractivity contribution in [2.24, 2.45) is 0 Å². The van der Waals surface area contributed by atoms with Gasteiger partial charge in [-0.15, -0.1) is 0 Å². The van der Waals surface area contributed by atoms with E-state index < -0.39 is 0 Å². The lowest BCUT2D eigenvalue weighted by Crippen LogP contribution is -2.42. The van der Waals surface area contributed by atoms with Crippen LogP contribution >= 0.6 is 0 Å². The normalized spacial score (nSPS) is 24.7. The Bertz CT molecular complexity index is 475. The van der Waals surface area contributed by atoms with Crippen LogP contribution < -0.4 is 5.32 Å². The monoisotopic (exact) mass is 305 g/mol. The van der Waals surface area contributed by atoms with Crippen molar-refractivity contribution in [2.75, 3.05) is 19.8 Å². The Labute approximate surface area is 132 Å². The maximum Gasteiger partial charge on any atom is 0.168 e. The maximum absolute atomic E-state index is 5.79. The second-order valence-corrected chi connectivity index (χ2v) is 6.88. The van der Waals surface area contributed by atoms with Crippen LogP contribution in [0.25, 0.3) is 0 Å². The van der Waals surface area contributed by atoms with Crippen molar-refractivity contribution >= 4 is 0 Å². The quantitative estimate of drug-likeness (QED) is 0.925. The van der Waals surface area contributed by atoms with Crippen molar-refractivity contribution in [3.63, 3.8) is 0 Å². The molecule has 0 atom stereocenters. The molecule has 0 bridgehead atoms. The van der Waals surface area contributed by atoms with Crippen LogP contribution in [0.4, 0.5) is 0 Å². The van der Waals surface area contributed by atoms with E-state index in [9.17, 15) is 0 Å². The third-order valence-electron chi connectivity index (χ3n) is 5.33. The van der Waals surface area contributed by atoms with Gasteiger partial charge in [0, 0.05) is 51.0 Å². The zero-order valence-electron chi connectivity index (χ0n) is 13.4. The van der Waals surface area contributed by atoms with E-state index in [4.69, 9.17) is 14.5 Å². The van der Waals surface area contributed by atoms with Gasteiger partial charge < -0.3 is 19.4 Å². The van der Waals surface area contributed by atoms with E-state index in [1.54, 1.807) is 0 Å². The molecule has 5 heteroatoms. The Morgan fingerprint density at radius 3 is 2.82 bits per heavy atom. The summed E-state index contributed by atoms with van der Waals surface area (Å²) in [7, 11) is 0. The van der Waals surface area contributed by atoms with E-state index in [1.807, 2.05) is 0 Å². The van der Waals surface area contributed by atoms with Gasteiger partial charge in [0.2, 0.25) is 0 Å². The van der Waals surface area contributed by atoms with Crippen molar-refractivity contribution in [2.45, 2.75) is 69.7 Å². The predicted octanol–water partition coefficient (Wildman–Crippen LogP) is 2.04. The van der Waals surface area contributed by atoms with Gasteiger partial charge in [0.15, 0.2) is 5.79 Å². The second-order valence-electron chi connectivity index (χ2n) is 6.88. The standard InChI is InChI=1S/C17H27N3O2/c1-2-10-20-13-15(19-16(20)3-1)6-9-18-14-4-7-17(8-5-14)21-11-12-22-17/h13-14,18H,1-12H2. The lowest BCUT2D eigenvalue weighted by molar-refractivity contribution is -0.179. The number of ether oxygens (including phenoxy) is 2. The summed E-state index contributed by atoms with van der Waals surface area (Å²) in [6, 6.07) is 0.607. The summed E-state index contributed by atoms with van der Waals surface area (Å²) in [6.07, 6.45) is 11.4. The van der Waals surface area contributed by atoms with Crippen LogP contribution in [0.15, 0.2) is 6.20 Å². The number of imidazole rings is 1. The minimum atomic E-state index is -0.235. The van der Waals surface area contributed by atoms with E-state index in [2.05, 4.69) is 16.1 Å². The molecule has 122 valence electrons. The number of nitrogens with zero attached hydrogens (tertiary/aromatic N) is 2. The van der Waals surface area contributed by atoms with Crippen molar-refractivity contribution in [3.05, 3.63) is 17.7 Å². The molecule has 1 saturated heterocycles. The minimum Gasteiger partial charge on any atom is -0.348 e. The molecule has 0 radical (unpaired) electrons. The van der Waals surface area contributed by atoms with Gasteiger partial charge in [-0.2, -0.15) is 0 Å². The van der Waals surface area contributed by atoms with Gasteiger partial charge >= 0.3 is 0 Å². The molecule has 1 aliphatic carbocycles. The molecule has 0 amide bonds. The molecule has 4 rings (SSSR count). The van der Waals surface area contributed by atoms with Gasteiger partial charge in [-0.1, -0.05) is 0 Å². The first-order valence-electron chi connectivity index (χ1n) is 8.89. The SMILES string of the molecule is c1c(CCNC2CCC3(CC2)OCCO3)nc2n1CCCC2. The van der Waals surface area contributed by atoms with Crippen molar-refractivity contribution < 1.29 is 9.47 Å². The fourth-order valence-electron chi connectivity index (χ4n) is 4.04. The first-order chi connectivity index (χ1) is 10.8. The van der Waals surface area contributed by atoms with Crippen LogP contribution in [0.5, 0.6) is 0 Å². The number of nitrogens with one attached hydrogen (secondary N) is 1. The molecule has 0 aromatic carbocycles. The zero-order valence-corrected chi connectivity index (χ0v) is 13.4. The van der Waals surface area contributed by atoms with Crippen LogP contribution in [-0.2, 0) is 28.9 Å². The molecule has 2 fully saturated rings. The summed E-state index contributed by atoms with van der Waals surface area (Å²) in [5.41, 5.74) is 1.25. The predicted molar refractivity (Wildman–Crippen MR) is 83.8 cm³/mol. The molecule has 1 saturated carbocycles. The van der Waals surface area contributed by atoms with E-state index in [0.29, 0.717) is 6.04 Å². The summed E-state index contributed by atoms with van der Waals surface area (Å²) < 4.78 is 13.9. The van der Waals surface area contributed by atoms with Gasteiger partial charge in [0.25, 0.3) is 0 Å². The van der Waals surface area contributed by atoms with Crippen molar-refractivity contribution in [1.29, 1.82) is 0 Å². The Hall–Kier alpha value is -0.910. The van der Waals surface area contributed by atoms with E-state index in [-0.39, 0.29) is 5.79 Å². The largest absolute Gasteiger partial charge is 0.348 e. The van der Waals surface area contributed by atoms with E-state index >= 15 is 0 Å². The summed E-state index contributed by atoms with van der Waals surface area (Å²) in [5, 5.41) is 3.70. The van der Waals surface area contributed by atoms with Crippen LogP contribution in [0.1, 0.15) is 50.0 Å². The van der Waals surface area contributed by atoms with Gasteiger partial charge in [0.1, 0.15) is 5.82 Å². The fourth-order valence-corrected chi connectivity index (χ4v) is 4.04. The van der Waals surface area contributed by atoms with Gasteiger partial charge in [0.05, 0.1) is 18.9 Å². The smallest absolute Gasteiger partial charge is 0.168 e. The van der Waals surface area contributed by atoms with E-state index in [1.165, 1.54) is 24.4 Å². The number of rotatable bonds is 4. The first kappa shape index (κ1) is 14.7. The van der Waals surface area contributed by atoms with Gasteiger partial charge in [-0.3, -0.25) is 0 Å². The van der Waals surface area contributed by atoms with Crippen LogP contribution in [0, 0.1) is 0 Å². The zero-order chi connectivity index (χ0) is 14.8. The van der Waals surface area contributed by atoms with Crippen LogP contribution in [0.3, 0.4) is 0 Å². The number of hydrogen-bond acceptors (Lipinski definition) is 4. The molecule has 3 aliphatic rings. The summed E-state index contributed by atoms with van der Waals surface area (Å²) >= 11 is 0. The summed E-state index contributed by atoms with van der Waals surface area (Å²) in [4.78, 5) is 4.77. The number of hydrogen-bond donors (Lipinski definition) is 1. The highest BCUT2D eigenvalue weighted by Gasteiger charge is 2.40. The highest BCUT2D eigenvalue weighted by Crippen LogP contribution is 2.35. The van der Waals surface area contributed by atoms with Crippen LogP contribution in [0.2, 0.25) is 0 Å². The average Bonchev–Trinajstić information content (AvgIpc) is 3.16. The van der Waals surface area contributed by atoms with Gasteiger partial charge in [-0.25, -0.2) is 4.98 Å². The number of aryl methyl sites for hydroxylation is 2. The fraction of sp³-hybridized carbons (Fsp3) is 0.824. The molecule has 3 heterocycles. The number of aromatic nitrogens is 2. The Morgan fingerprint density at radius 2 is 2.05 bits per heavy atom. The topological polar surface area (TPSA) is 48.3 Å². The minimum absolute atomic E-state index is 0.235. The highest BCUT2D eigenvalue weighted by atomic mass is 16.7. The lowest BCUT2D eigenvalue weighted by Gasteiger charge is -2.35. The molecule has 22 heavy (non-hydrogen) atoms. The van der Waals surface area contributed by atoms with Crippen molar-refractivity contribution in [1.82, 2.24) is 14.9 Å². The van der Waals surface area contributed by atoms with Crippen molar-refractivity contribution in [3.8, 4) is 0 Å². The molecular weight excluding hydrogens is 278 g/mol. The lowest BCUT2D eigenvalue weighted by atomic mass is 9.90. The molecule has 5 nitrogen and oxygen atoms in total. The second kappa shape index (κ2) is 6.30. The summed E-state index contributed by atoms with van der Waals surface area (Å²) in [6.45, 7) is 3.71. The molecule has 1 aromatic rings. The van der Waals surface area contributed by atoms with Gasteiger partial charge in [-0.05, 0) is 25.7 Å². The Morgan fingerprint density at radius 1 is 1.23 bits per heavy atom. The molecule has 0 unspecified atom stereocenters. The van der Waals surface area contributed by atoms with Crippen LogP contribution in [-0.4, -0.2) is 41.1 Å². The molecule has 1 aromatic heterocycles. The summed E-state index contributed by atoms with van der Waals surface area (Å²) in [5.74, 6) is 1.05. The average molecular weight is 305 g/mol. The molecule has 1 spiro atoms. The number of fused-ring (bicyclic) bond motifs is 1. The van der Waals surface area contributed by atoms with E-state index in [0.717, 1.165) is 64.8 Å². The highest BCUT2D eigenvalue weighted by molar-refractivity contribution is 5.06.